The molecule has 108 valence electrons. The Labute approximate surface area is 118 Å². The summed E-state index contributed by atoms with van der Waals surface area (Å²) in [6.45, 7) is 7.45. The van der Waals surface area contributed by atoms with Gasteiger partial charge in [-0.1, -0.05) is 6.92 Å². The van der Waals surface area contributed by atoms with E-state index in [1.165, 1.54) is 15.6 Å². The van der Waals surface area contributed by atoms with E-state index in [2.05, 4.69) is 5.32 Å². The predicted octanol–water partition coefficient (Wildman–Crippen LogP) is 1.19. The first-order valence-corrected chi connectivity index (χ1v) is 8.69. The van der Waals surface area contributed by atoms with Gasteiger partial charge in [-0.05, 0) is 25.1 Å². The summed E-state index contributed by atoms with van der Waals surface area (Å²) in [5.74, 6) is 0. The second kappa shape index (κ2) is 6.32. The zero-order valence-electron chi connectivity index (χ0n) is 11.3. The fourth-order valence-electron chi connectivity index (χ4n) is 1.94. The van der Waals surface area contributed by atoms with Crippen molar-refractivity contribution in [2.45, 2.75) is 24.6 Å². The van der Waals surface area contributed by atoms with Crippen LogP contribution in [0.25, 0.3) is 0 Å². The van der Waals surface area contributed by atoms with Crippen LogP contribution in [-0.2, 0) is 21.3 Å². The van der Waals surface area contributed by atoms with Gasteiger partial charge < -0.3 is 10.1 Å². The van der Waals surface area contributed by atoms with E-state index in [0.29, 0.717) is 30.5 Å². The van der Waals surface area contributed by atoms with E-state index in [0.717, 1.165) is 23.5 Å². The number of thiophene rings is 1. The Hall–Kier alpha value is -0.470. The lowest BCUT2D eigenvalue weighted by Gasteiger charge is -2.25. The van der Waals surface area contributed by atoms with Gasteiger partial charge in [-0.2, -0.15) is 4.31 Å². The van der Waals surface area contributed by atoms with Gasteiger partial charge in [-0.15, -0.1) is 11.3 Å². The SMILES string of the molecule is CCNCc1sc(S(=O)(=O)N2CCOCC2)cc1C. The Balaban J connectivity index is 2.20. The van der Waals surface area contributed by atoms with Crippen molar-refractivity contribution in [3.63, 3.8) is 0 Å². The summed E-state index contributed by atoms with van der Waals surface area (Å²) in [5.41, 5.74) is 1.04. The second-order valence-electron chi connectivity index (χ2n) is 4.47. The van der Waals surface area contributed by atoms with Gasteiger partial charge in [0.05, 0.1) is 13.2 Å². The lowest BCUT2D eigenvalue weighted by molar-refractivity contribution is 0.0731. The zero-order valence-corrected chi connectivity index (χ0v) is 12.9. The van der Waals surface area contributed by atoms with Crippen LogP contribution in [0, 0.1) is 6.92 Å². The van der Waals surface area contributed by atoms with Crippen LogP contribution in [0.15, 0.2) is 10.3 Å². The van der Waals surface area contributed by atoms with Gasteiger partial charge >= 0.3 is 0 Å². The molecule has 0 unspecified atom stereocenters. The summed E-state index contributed by atoms with van der Waals surface area (Å²) < 4.78 is 32.1. The molecule has 0 aromatic carbocycles. The van der Waals surface area contributed by atoms with Gasteiger partial charge in [0.15, 0.2) is 0 Å². The van der Waals surface area contributed by atoms with E-state index in [1.807, 2.05) is 13.8 Å². The molecule has 5 nitrogen and oxygen atoms in total. The fourth-order valence-corrected chi connectivity index (χ4v) is 5.07. The highest BCUT2D eigenvalue weighted by molar-refractivity contribution is 7.91. The van der Waals surface area contributed by atoms with Gasteiger partial charge in [-0.25, -0.2) is 8.42 Å². The van der Waals surface area contributed by atoms with Gasteiger partial charge in [-0.3, -0.25) is 0 Å². The largest absolute Gasteiger partial charge is 0.379 e. The number of nitrogens with one attached hydrogen (secondary N) is 1. The highest BCUT2D eigenvalue weighted by Crippen LogP contribution is 2.28. The van der Waals surface area contributed by atoms with Crippen LogP contribution in [0.1, 0.15) is 17.4 Å². The van der Waals surface area contributed by atoms with Gasteiger partial charge in [0.1, 0.15) is 4.21 Å². The van der Waals surface area contributed by atoms with E-state index in [4.69, 9.17) is 4.74 Å². The van der Waals surface area contributed by atoms with E-state index < -0.39 is 10.0 Å². The van der Waals surface area contributed by atoms with Crippen molar-refractivity contribution in [3.05, 3.63) is 16.5 Å². The minimum absolute atomic E-state index is 0.444. The maximum atomic E-state index is 12.5. The number of rotatable bonds is 5. The summed E-state index contributed by atoms with van der Waals surface area (Å²) in [4.78, 5) is 1.09. The van der Waals surface area contributed by atoms with Crippen LogP contribution >= 0.6 is 11.3 Å². The molecule has 2 heterocycles. The molecule has 19 heavy (non-hydrogen) atoms. The Morgan fingerprint density at radius 2 is 2.11 bits per heavy atom. The lowest BCUT2D eigenvalue weighted by Crippen LogP contribution is -2.40. The zero-order chi connectivity index (χ0) is 13.9. The molecule has 2 rings (SSSR count). The number of aryl methyl sites for hydroxylation is 1. The van der Waals surface area contributed by atoms with Crippen molar-refractivity contribution in [2.24, 2.45) is 0 Å². The summed E-state index contributed by atoms with van der Waals surface area (Å²) in [6, 6.07) is 1.78. The monoisotopic (exact) mass is 304 g/mol. The molecule has 1 fully saturated rings. The van der Waals surface area contributed by atoms with Crippen LogP contribution in [0.5, 0.6) is 0 Å². The molecule has 0 saturated carbocycles. The van der Waals surface area contributed by atoms with Crippen molar-refractivity contribution in [1.82, 2.24) is 9.62 Å². The molecule has 1 saturated heterocycles. The summed E-state index contributed by atoms with van der Waals surface area (Å²) in [6.07, 6.45) is 0. The van der Waals surface area contributed by atoms with Crippen molar-refractivity contribution in [1.29, 1.82) is 0 Å². The highest BCUT2D eigenvalue weighted by atomic mass is 32.2. The van der Waals surface area contributed by atoms with Crippen molar-refractivity contribution >= 4 is 21.4 Å². The fraction of sp³-hybridized carbons (Fsp3) is 0.667. The maximum absolute atomic E-state index is 12.5. The smallest absolute Gasteiger partial charge is 0.252 e. The molecule has 1 aromatic rings. The lowest BCUT2D eigenvalue weighted by atomic mass is 10.3. The molecule has 0 atom stereocenters. The van der Waals surface area contributed by atoms with Crippen LogP contribution in [0.3, 0.4) is 0 Å². The van der Waals surface area contributed by atoms with E-state index in [1.54, 1.807) is 6.07 Å². The molecule has 0 spiro atoms. The first-order chi connectivity index (χ1) is 9.05. The molecule has 7 heteroatoms. The standard InChI is InChI=1S/C12H20N2O3S2/c1-3-13-9-11-10(2)8-12(18-11)19(15,16)14-4-6-17-7-5-14/h8,13H,3-7,9H2,1-2H3. The Morgan fingerprint density at radius 1 is 1.42 bits per heavy atom. The molecular formula is C12H20N2O3S2. The number of ether oxygens (including phenoxy) is 1. The minimum atomic E-state index is -3.34. The topological polar surface area (TPSA) is 58.6 Å². The number of nitrogens with zero attached hydrogens (tertiary/aromatic N) is 1. The summed E-state index contributed by atoms with van der Waals surface area (Å²) in [5, 5.41) is 3.23. The molecule has 0 bridgehead atoms. The Bertz CT molecular complexity index is 519. The molecule has 1 aromatic heterocycles. The summed E-state index contributed by atoms with van der Waals surface area (Å²) >= 11 is 1.37. The van der Waals surface area contributed by atoms with Gasteiger partial charge in [0, 0.05) is 24.5 Å². The average Bonchev–Trinajstić information content (AvgIpc) is 2.79. The van der Waals surface area contributed by atoms with E-state index >= 15 is 0 Å². The van der Waals surface area contributed by atoms with Crippen LogP contribution in [0.4, 0.5) is 0 Å². The quantitative estimate of drug-likeness (QED) is 0.888. The Kier molecular flexibility index (Phi) is 4.97. The third kappa shape index (κ3) is 3.35. The number of sulfonamides is 1. The van der Waals surface area contributed by atoms with E-state index in [-0.39, 0.29) is 0 Å². The minimum Gasteiger partial charge on any atom is -0.379 e. The molecular weight excluding hydrogens is 284 g/mol. The molecule has 1 N–H and O–H groups in total. The summed E-state index contributed by atoms with van der Waals surface area (Å²) in [7, 11) is -3.34. The van der Waals surface area contributed by atoms with Crippen molar-refractivity contribution in [3.8, 4) is 0 Å². The molecule has 0 radical (unpaired) electrons. The van der Waals surface area contributed by atoms with Crippen molar-refractivity contribution < 1.29 is 13.2 Å². The number of hydrogen-bond donors (Lipinski definition) is 1. The van der Waals surface area contributed by atoms with E-state index in [9.17, 15) is 8.42 Å². The third-order valence-corrected chi connectivity index (χ3v) is 6.68. The van der Waals surface area contributed by atoms with Crippen LogP contribution < -0.4 is 5.32 Å². The van der Waals surface area contributed by atoms with Crippen LogP contribution in [0.2, 0.25) is 0 Å². The number of hydrogen-bond acceptors (Lipinski definition) is 5. The molecule has 0 aliphatic carbocycles. The predicted molar refractivity (Wildman–Crippen MR) is 76.0 cm³/mol. The third-order valence-electron chi connectivity index (χ3n) is 3.10. The maximum Gasteiger partial charge on any atom is 0.252 e. The second-order valence-corrected chi connectivity index (χ2v) is 7.77. The first-order valence-electron chi connectivity index (χ1n) is 6.43. The van der Waals surface area contributed by atoms with Gasteiger partial charge in [0.2, 0.25) is 0 Å². The number of morpholine rings is 1. The first kappa shape index (κ1) is 14.9. The average molecular weight is 304 g/mol. The molecule has 0 amide bonds. The highest BCUT2D eigenvalue weighted by Gasteiger charge is 2.28. The molecule has 1 aliphatic heterocycles. The molecule has 1 aliphatic rings. The normalized spacial score (nSPS) is 17.8. The van der Waals surface area contributed by atoms with Gasteiger partial charge in [0.25, 0.3) is 10.0 Å². The Morgan fingerprint density at radius 3 is 2.74 bits per heavy atom. The van der Waals surface area contributed by atoms with Crippen LogP contribution in [-0.4, -0.2) is 45.6 Å². The van der Waals surface area contributed by atoms with Crippen molar-refractivity contribution in [2.75, 3.05) is 32.8 Å².